The van der Waals surface area contributed by atoms with E-state index in [1.807, 2.05) is 0 Å². The number of halogens is 3. The molecule has 1 N–H and O–H groups in total. The summed E-state index contributed by atoms with van der Waals surface area (Å²) in [6.45, 7) is 3.14. The smallest absolute Gasteiger partial charge is 0.341 e. The summed E-state index contributed by atoms with van der Waals surface area (Å²) in [5, 5.41) is 8.33. The molecule has 0 bridgehead atoms. The summed E-state index contributed by atoms with van der Waals surface area (Å²) in [7, 11) is -4.20. The quantitative estimate of drug-likeness (QED) is 0.865. The first-order chi connectivity index (χ1) is 8.16. The first kappa shape index (κ1) is 14.6. The molecule has 0 saturated heterocycles. The third-order valence-corrected chi connectivity index (χ3v) is 3.96. The van der Waals surface area contributed by atoms with Gasteiger partial charge >= 0.3 is 5.97 Å². The summed E-state index contributed by atoms with van der Waals surface area (Å²) in [5.41, 5.74) is -1.32. The van der Waals surface area contributed by atoms with E-state index in [9.17, 15) is 22.0 Å². The molecule has 0 aliphatic rings. The predicted octanol–water partition coefficient (Wildman–Crippen LogP) is 2.19. The first-order valence-corrected chi connectivity index (χ1v) is 6.47. The van der Waals surface area contributed by atoms with Gasteiger partial charge in [-0.2, -0.15) is 0 Å². The number of carboxylic acids is 1. The molecule has 0 amide bonds. The lowest BCUT2D eigenvalue weighted by Gasteiger charge is -2.07. The molecule has 0 atom stereocenters. The number of hydrogen-bond acceptors (Lipinski definition) is 3. The largest absolute Gasteiger partial charge is 0.477 e. The molecule has 0 aliphatic carbocycles. The van der Waals surface area contributed by atoms with E-state index in [0.717, 1.165) is 0 Å². The van der Waals surface area contributed by atoms with Gasteiger partial charge in [0.05, 0.1) is 5.75 Å². The Morgan fingerprint density at radius 1 is 1.39 bits per heavy atom. The molecule has 0 radical (unpaired) electrons. The molecule has 1 aromatic carbocycles. The molecule has 0 heterocycles. The second kappa shape index (κ2) is 5.03. The summed E-state index contributed by atoms with van der Waals surface area (Å²) >= 11 is 5.31. The van der Waals surface area contributed by atoms with Gasteiger partial charge in [-0.25, -0.2) is 22.0 Å². The molecule has 8 heteroatoms. The Kier molecular flexibility index (Phi) is 4.08. The van der Waals surface area contributed by atoms with Crippen LogP contribution in [-0.4, -0.2) is 25.2 Å². The first-order valence-electron chi connectivity index (χ1n) is 4.44. The second-order valence-electron chi connectivity index (χ2n) is 3.32. The van der Waals surface area contributed by atoms with E-state index < -0.39 is 43.7 Å². The number of aromatic carboxylic acids is 1. The van der Waals surface area contributed by atoms with Crippen molar-refractivity contribution in [2.24, 2.45) is 0 Å². The summed E-state index contributed by atoms with van der Waals surface area (Å²) < 4.78 is 50.0. The lowest BCUT2D eigenvalue weighted by Crippen LogP contribution is -2.13. The molecular weight excluding hydrogens is 290 g/mol. The third kappa shape index (κ3) is 2.85. The minimum absolute atomic E-state index is 0.268. The minimum Gasteiger partial charge on any atom is -0.477 e. The molecule has 18 heavy (non-hydrogen) atoms. The van der Waals surface area contributed by atoms with Crippen LogP contribution in [0.3, 0.4) is 0 Å². The van der Waals surface area contributed by atoms with Gasteiger partial charge in [-0.05, 0) is 12.1 Å². The molecule has 98 valence electrons. The molecule has 1 aromatic rings. The van der Waals surface area contributed by atoms with E-state index in [1.54, 1.807) is 0 Å². The molecule has 0 spiro atoms. The highest BCUT2D eigenvalue weighted by molar-refractivity contribution is 7.91. The van der Waals surface area contributed by atoms with E-state index in [-0.39, 0.29) is 5.03 Å². The molecule has 0 saturated carbocycles. The van der Waals surface area contributed by atoms with Crippen LogP contribution in [0.1, 0.15) is 10.4 Å². The van der Waals surface area contributed by atoms with Crippen LogP contribution >= 0.6 is 11.6 Å². The SMILES string of the molecule is C=C(Cl)CS(=O)(=O)c1ccc(F)c(C(=O)O)c1F. The average Bonchev–Trinajstić information content (AvgIpc) is 2.13. The van der Waals surface area contributed by atoms with E-state index in [2.05, 4.69) is 6.58 Å². The fraction of sp³-hybridized carbons (Fsp3) is 0.100. The van der Waals surface area contributed by atoms with Crippen molar-refractivity contribution in [3.8, 4) is 0 Å². The standard InChI is InChI=1S/C10H7ClF2O4S/c1-5(11)4-18(16,17)7-3-2-6(12)8(9(7)13)10(14)15/h2-3H,1,4H2,(H,14,15). The highest BCUT2D eigenvalue weighted by Crippen LogP contribution is 2.23. The molecule has 0 unspecified atom stereocenters. The number of rotatable bonds is 4. The van der Waals surface area contributed by atoms with E-state index in [4.69, 9.17) is 16.7 Å². The van der Waals surface area contributed by atoms with Crippen molar-refractivity contribution in [3.05, 3.63) is 40.9 Å². The Morgan fingerprint density at radius 2 is 1.94 bits per heavy atom. The van der Waals surface area contributed by atoms with Gasteiger partial charge in [-0.1, -0.05) is 18.2 Å². The highest BCUT2D eigenvalue weighted by atomic mass is 35.5. The van der Waals surface area contributed by atoms with Crippen molar-refractivity contribution in [1.29, 1.82) is 0 Å². The van der Waals surface area contributed by atoms with Gasteiger partial charge in [-0.3, -0.25) is 0 Å². The van der Waals surface area contributed by atoms with Gasteiger partial charge < -0.3 is 5.11 Å². The van der Waals surface area contributed by atoms with Crippen LogP contribution in [0, 0.1) is 11.6 Å². The monoisotopic (exact) mass is 296 g/mol. The Balaban J connectivity index is 3.50. The summed E-state index contributed by atoms with van der Waals surface area (Å²) in [6, 6.07) is 1.21. The maximum atomic E-state index is 13.7. The molecule has 4 nitrogen and oxygen atoms in total. The topological polar surface area (TPSA) is 71.4 Å². The van der Waals surface area contributed by atoms with Gasteiger partial charge in [0, 0.05) is 5.03 Å². The van der Waals surface area contributed by atoms with E-state index in [0.29, 0.717) is 12.1 Å². The van der Waals surface area contributed by atoms with Crippen LogP contribution in [0.5, 0.6) is 0 Å². The van der Waals surface area contributed by atoms with Crippen molar-refractivity contribution in [1.82, 2.24) is 0 Å². The van der Waals surface area contributed by atoms with Crippen LogP contribution in [0.2, 0.25) is 0 Å². The number of benzene rings is 1. The van der Waals surface area contributed by atoms with Crippen LogP contribution in [0.15, 0.2) is 28.6 Å². The summed E-state index contributed by atoms with van der Waals surface area (Å²) in [5.74, 6) is -5.67. The van der Waals surface area contributed by atoms with Crippen LogP contribution in [-0.2, 0) is 9.84 Å². The summed E-state index contributed by atoms with van der Waals surface area (Å²) in [6.07, 6.45) is 0. The van der Waals surface area contributed by atoms with Gasteiger partial charge in [-0.15, -0.1) is 0 Å². The van der Waals surface area contributed by atoms with Crippen molar-refractivity contribution in [3.63, 3.8) is 0 Å². The maximum Gasteiger partial charge on any atom is 0.341 e. The average molecular weight is 297 g/mol. The lowest BCUT2D eigenvalue weighted by molar-refractivity contribution is 0.0685. The number of hydrogen-bond donors (Lipinski definition) is 1. The van der Waals surface area contributed by atoms with Gasteiger partial charge in [0.25, 0.3) is 0 Å². The zero-order valence-electron chi connectivity index (χ0n) is 8.78. The fourth-order valence-corrected chi connectivity index (χ4v) is 2.90. The number of sulfone groups is 1. The molecular formula is C10H7ClF2O4S. The molecule has 1 rings (SSSR count). The van der Waals surface area contributed by atoms with Crippen molar-refractivity contribution in [2.75, 3.05) is 5.75 Å². The van der Waals surface area contributed by atoms with Crippen LogP contribution in [0.25, 0.3) is 0 Å². The Bertz CT molecular complexity index is 625. The Labute approximate surface area is 106 Å². The molecule has 0 aromatic heterocycles. The normalized spacial score (nSPS) is 11.3. The molecule has 0 aliphatic heterocycles. The maximum absolute atomic E-state index is 13.7. The van der Waals surface area contributed by atoms with Crippen molar-refractivity contribution >= 4 is 27.4 Å². The van der Waals surface area contributed by atoms with Crippen LogP contribution in [0.4, 0.5) is 8.78 Å². The van der Waals surface area contributed by atoms with Crippen molar-refractivity contribution < 1.29 is 27.1 Å². The van der Waals surface area contributed by atoms with Gasteiger partial charge in [0.1, 0.15) is 16.3 Å². The molecule has 0 fully saturated rings. The highest BCUT2D eigenvalue weighted by Gasteiger charge is 2.27. The van der Waals surface area contributed by atoms with Gasteiger partial charge in [0.15, 0.2) is 15.7 Å². The minimum atomic E-state index is -4.20. The van der Waals surface area contributed by atoms with Gasteiger partial charge in [0.2, 0.25) is 0 Å². The number of carboxylic acid groups (broad SMARTS) is 1. The van der Waals surface area contributed by atoms with Crippen molar-refractivity contribution in [2.45, 2.75) is 4.90 Å². The Hall–Kier alpha value is -1.47. The van der Waals surface area contributed by atoms with E-state index in [1.165, 1.54) is 0 Å². The second-order valence-corrected chi connectivity index (χ2v) is 5.81. The predicted molar refractivity (Wildman–Crippen MR) is 60.4 cm³/mol. The van der Waals surface area contributed by atoms with E-state index >= 15 is 0 Å². The zero-order valence-corrected chi connectivity index (χ0v) is 10.4. The summed E-state index contributed by atoms with van der Waals surface area (Å²) in [4.78, 5) is 9.70. The zero-order chi connectivity index (χ0) is 14.1. The van der Waals surface area contributed by atoms with Crippen LogP contribution < -0.4 is 0 Å². The fourth-order valence-electron chi connectivity index (χ4n) is 1.25. The number of carbonyl (C=O) groups is 1. The third-order valence-electron chi connectivity index (χ3n) is 1.95. The Morgan fingerprint density at radius 3 is 2.39 bits per heavy atom. The lowest BCUT2D eigenvalue weighted by atomic mass is 10.2.